The van der Waals surface area contributed by atoms with Crippen LogP contribution in [0.25, 0.3) is 0 Å². The van der Waals surface area contributed by atoms with Gasteiger partial charge in [0.1, 0.15) is 11.5 Å². The second kappa shape index (κ2) is 7.55. The van der Waals surface area contributed by atoms with Gasteiger partial charge in [0.05, 0.1) is 12.6 Å². The van der Waals surface area contributed by atoms with Gasteiger partial charge in [-0.25, -0.2) is 9.80 Å². The van der Waals surface area contributed by atoms with E-state index in [4.69, 9.17) is 9.47 Å². The molecule has 2 aliphatic heterocycles. The maximum Gasteiger partial charge on any atom is 0.355 e. The van der Waals surface area contributed by atoms with Gasteiger partial charge in [-0.05, 0) is 13.0 Å². The van der Waals surface area contributed by atoms with Crippen LogP contribution in [0.2, 0.25) is 0 Å². The van der Waals surface area contributed by atoms with Crippen molar-refractivity contribution >= 4 is 23.5 Å². The van der Waals surface area contributed by atoms with Crippen molar-refractivity contribution in [2.75, 3.05) is 13.7 Å². The predicted molar refractivity (Wildman–Crippen MR) is 92.4 cm³/mol. The molecule has 2 atom stereocenters. The second-order valence-corrected chi connectivity index (χ2v) is 6.25. The minimum atomic E-state index is -0.969. The summed E-state index contributed by atoms with van der Waals surface area (Å²) in [4.78, 5) is 36.0. The Balaban J connectivity index is 1.60. The topological polar surface area (TPSA) is 97.3 Å². The molecule has 2 unspecified atom stereocenters. The Kier molecular flexibility index (Phi) is 5.20. The normalized spacial score (nSPS) is 20.4. The molecule has 138 valence electrons. The van der Waals surface area contributed by atoms with Crippen LogP contribution in [0, 0.1) is 0 Å². The van der Waals surface area contributed by atoms with Crippen LogP contribution in [0.3, 0.4) is 0 Å². The summed E-state index contributed by atoms with van der Waals surface area (Å²) in [6.45, 7) is 2.02. The van der Waals surface area contributed by atoms with E-state index in [9.17, 15) is 14.4 Å². The second-order valence-electron chi connectivity index (χ2n) is 6.25. The summed E-state index contributed by atoms with van der Waals surface area (Å²) in [5, 5.41) is 7.91. The number of carbonyl (C=O) groups excluding carboxylic acids is 3. The molecular weight excluding hydrogens is 338 g/mol. The molecule has 2 amide bonds. The van der Waals surface area contributed by atoms with Crippen LogP contribution in [0.5, 0.6) is 5.75 Å². The predicted octanol–water partition coefficient (Wildman–Crippen LogP) is 1.17. The average molecular weight is 359 g/mol. The molecule has 0 bridgehead atoms. The van der Waals surface area contributed by atoms with Gasteiger partial charge in [0.15, 0.2) is 6.10 Å². The molecule has 0 radical (unpaired) electrons. The molecule has 0 spiro atoms. The van der Waals surface area contributed by atoms with E-state index in [-0.39, 0.29) is 36.4 Å². The average Bonchev–Trinajstić information content (AvgIpc) is 2.64. The molecule has 0 aromatic heterocycles. The number of para-hydroxylation sites is 1. The van der Waals surface area contributed by atoms with E-state index in [2.05, 4.69) is 10.4 Å². The summed E-state index contributed by atoms with van der Waals surface area (Å²) in [6, 6.07) is 7.33. The number of nitrogens with one attached hydrogen (secondary N) is 1. The first-order valence-corrected chi connectivity index (χ1v) is 8.53. The maximum absolute atomic E-state index is 12.4. The summed E-state index contributed by atoms with van der Waals surface area (Å²) in [7, 11) is 1.48. The Bertz CT molecular complexity index is 761. The van der Waals surface area contributed by atoms with Crippen molar-refractivity contribution in [1.82, 2.24) is 10.3 Å². The number of nitrogens with zero attached hydrogens (tertiary/aromatic N) is 2. The zero-order chi connectivity index (χ0) is 18.7. The van der Waals surface area contributed by atoms with Crippen LogP contribution in [-0.4, -0.2) is 48.3 Å². The monoisotopic (exact) mass is 359 g/mol. The number of carbonyl (C=O) groups is 3. The number of benzene rings is 1. The molecule has 1 aromatic carbocycles. The summed E-state index contributed by atoms with van der Waals surface area (Å²) >= 11 is 0. The van der Waals surface area contributed by atoms with E-state index in [0.29, 0.717) is 13.0 Å². The number of amides is 2. The molecule has 26 heavy (non-hydrogen) atoms. The highest BCUT2D eigenvalue weighted by Crippen LogP contribution is 2.31. The van der Waals surface area contributed by atoms with Crippen LogP contribution in [0.1, 0.15) is 37.8 Å². The van der Waals surface area contributed by atoms with Crippen molar-refractivity contribution in [3.8, 4) is 5.75 Å². The standard InChI is InChI=1S/C18H21N3O5/c1-11(26-18(24)14-7-8-16(22)21(2)20-14)17(23)19-13-9-10-25-15-6-4-3-5-12(13)15/h3-6,11,13H,7-10H2,1-2H3,(H,19,23). The van der Waals surface area contributed by atoms with Crippen molar-refractivity contribution in [2.24, 2.45) is 5.10 Å². The SMILES string of the molecule is CC(OC(=O)C1=NN(C)C(=O)CC1)C(=O)NC1CCOc2ccccc21. The molecular formula is C18H21N3O5. The van der Waals surface area contributed by atoms with E-state index in [1.54, 1.807) is 0 Å². The molecule has 8 nitrogen and oxygen atoms in total. The van der Waals surface area contributed by atoms with E-state index >= 15 is 0 Å². The first-order valence-electron chi connectivity index (χ1n) is 8.53. The van der Waals surface area contributed by atoms with Crippen LogP contribution in [0.15, 0.2) is 29.4 Å². The van der Waals surface area contributed by atoms with E-state index in [0.717, 1.165) is 16.3 Å². The fourth-order valence-electron chi connectivity index (χ4n) is 2.88. The number of fused-ring (bicyclic) bond motifs is 1. The number of hydrogen-bond acceptors (Lipinski definition) is 6. The fourth-order valence-corrected chi connectivity index (χ4v) is 2.88. The van der Waals surface area contributed by atoms with Gasteiger partial charge in [-0.2, -0.15) is 5.10 Å². The van der Waals surface area contributed by atoms with E-state index in [1.807, 2.05) is 24.3 Å². The van der Waals surface area contributed by atoms with Gasteiger partial charge in [-0.1, -0.05) is 18.2 Å². The lowest BCUT2D eigenvalue weighted by atomic mass is 10.0. The van der Waals surface area contributed by atoms with Crippen LogP contribution < -0.4 is 10.1 Å². The quantitative estimate of drug-likeness (QED) is 0.814. The number of ether oxygens (including phenoxy) is 2. The molecule has 0 fully saturated rings. The Labute approximate surface area is 151 Å². The van der Waals surface area contributed by atoms with Gasteiger partial charge >= 0.3 is 5.97 Å². The van der Waals surface area contributed by atoms with Crippen molar-refractivity contribution in [1.29, 1.82) is 0 Å². The molecule has 2 aliphatic rings. The van der Waals surface area contributed by atoms with Gasteiger partial charge in [0, 0.05) is 31.9 Å². The Morgan fingerprint density at radius 2 is 2.12 bits per heavy atom. The molecule has 0 saturated heterocycles. The zero-order valence-electron chi connectivity index (χ0n) is 14.7. The van der Waals surface area contributed by atoms with Crippen molar-refractivity contribution in [3.63, 3.8) is 0 Å². The molecule has 2 heterocycles. The van der Waals surface area contributed by atoms with Crippen molar-refractivity contribution in [3.05, 3.63) is 29.8 Å². The molecule has 0 aliphatic carbocycles. The Morgan fingerprint density at radius 1 is 1.35 bits per heavy atom. The lowest BCUT2D eigenvalue weighted by Gasteiger charge is -2.27. The van der Waals surface area contributed by atoms with Gasteiger partial charge in [-0.15, -0.1) is 0 Å². The van der Waals surface area contributed by atoms with E-state index < -0.39 is 12.1 Å². The zero-order valence-corrected chi connectivity index (χ0v) is 14.7. The smallest absolute Gasteiger partial charge is 0.355 e. The summed E-state index contributed by atoms with van der Waals surface area (Å²) in [6.07, 6.45) is 0.0829. The lowest BCUT2D eigenvalue weighted by molar-refractivity contribution is -0.149. The Morgan fingerprint density at radius 3 is 2.88 bits per heavy atom. The molecule has 0 saturated carbocycles. The highest BCUT2D eigenvalue weighted by Gasteiger charge is 2.29. The first kappa shape index (κ1) is 17.9. The minimum Gasteiger partial charge on any atom is -0.493 e. The highest BCUT2D eigenvalue weighted by molar-refractivity contribution is 6.37. The van der Waals surface area contributed by atoms with Crippen LogP contribution in [-0.2, 0) is 19.1 Å². The van der Waals surface area contributed by atoms with Gasteiger partial charge < -0.3 is 14.8 Å². The lowest BCUT2D eigenvalue weighted by Crippen LogP contribution is -2.41. The minimum absolute atomic E-state index is 0.142. The summed E-state index contributed by atoms with van der Waals surface area (Å²) in [5.41, 5.74) is 1.05. The van der Waals surface area contributed by atoms with Crippen LogP contribution in [0.4, 0.5) is 0 Å². The molecule has 1 N–H and O–H groups in total. The third-order valence-corrected chi connectivity index (χ3v) is 4.37. The van der Waals surface area contributed by atoms with E-state index in [1.165, 1.54) is 14.0 Å². The fraction of sp³-hybridized carbons (Fsp3) is 0.444. The largest absolute Gasteiger partial charge is 0.493 e. The highest BCUT2D eigenvalue weighted by atomic mass is 16.5. The number of esters is 1. The molecule has 1 aromatic rings. The van der Waals surface area contributed by atoms with Crippen LogP contribution >= 0.6 is 0 Å². The third kappa shape index (κ3) is 3.84. The van der Waals surface area contributed by atoms with Crippen molar-refractivity contribution in [2.45, 2.75) is 38.3 Å². The molecule has 3 rings (SSSR count). The molecule has 8 heteroatoms. The summed E-state index contributed by atoms with van der Waals surface area (Å²) in [5.74, 6) is -0.483. The van der Waals surface area contributed by atoms with Gasteiger partial charge in [0.25, 0.3) is 5.91 Å². The first-order chi connectivity index (χ1) is 12.5. The van der Waals surface area contributed by atoms with Crippen molar-refractivity contribution < 1.29 is 23.9 Å². The van der Waals surface area contributed by atoms with Gasteiger partial charge in [0.2, 0.25) is 5.91 Å². The number of hydrogen-bond donors (Lipinski definition) is 1. The maximum atomic E-state index is 12.4. The van der Waals surface area contributed by atoms with Gasteiger partial charge in [-0.3, -0.25) is 9.59 Å². The summed E-state index contributed by atoms with van der Waals surface area (Å²) < 4.78 is 10.8. The number of hydrazone groups is 1. The third-order valence-electron chi connectivity index (χ3n) is 4.37. The Hall–Kier alpha value is -2.90. The number of rotatable bonds is 4.